The molecule has 0 aliphatic carbocycles. The van der Waals surface area contributed by atoms with E-state index >= 15 is 0 Å². The molecule has 0 heterocycles. The predicted molar refractivity (Wildman–Crippen MR) is 82.6 cm³/mol. The summed E-state index contributed by atoms with van der Waals surface area (Å²) in [5, 5.41) is 4.77. The van der Waals surface area contributed by atoms with Crippen molar-refractivity contribution < 1.29 is 14.4 Å². The summed E-state index contributed by atoms with van der Waals surface area (Å²) in [6.45, 7) is 0. The summed E-state index contributed by atoms with van der Waals surface area (Å²) in [6, 6.07) is -2.65. The summed E-state index contributed by atoms with van der Waals surface area (Å²) >= 11 is 11.7. The summed E-state index contributed by atoms with van der Waals surface area (Å²) < 4.78 is 0. The van der Waals surface area contributed by atoms with Gasteiger partial charge < -0.3 is 22.1 Å². The van der Waals surface area contributed by atoms with E-state index in [0.717, 1.165) is 0 Å². The van der Waals surface area contributed by atoms with Crippen LogP contribution in [0.1, 0.15) is 0 Å². The van der Waals surface area contributed by atoms with Crippen LogP contribution in [0, 0.1) is 0 Å². The molecule has 0 spiro atoms. The second kappa shape index (κ2) is 9.34. The van der Waals surface area contributed by atoms with Crippen molar-refractivity contribution in [3.05, 3.63) is 0 Å². The zero-order valence-corrected chi connectivity index (χ0v) is 12.8. The number of carbonyl (C=O) groups excluding carboxylic acids is 3. The molecule has 0 bridgehead atoms. The minimum absolute atomic E-state index is 0.0505. The van der Waals surface area contributed by atoms with E-state index in [-0.39, 0.29) is 17.3 Å². The predicted octanol–water partition coefficient (Wildman–Crippen LogP) is -2.44. The number of primary amides is 1. The molecule has 6 N–H and O–H groups in total. The second-order valence-electron chi connectivity index (χ2n) is 3.68. The fourth-order valence-electron chi connectivity index (χ4n) is 1.03. The van der Waals surface area contributed by atoms with E-state index in [9.17, 15) is 14.4 Å². The molecule has 10 heteroatoms. The number of thiol groups is 3. The van der Waals surface area contributed by atoms with Gasteiger partial charge in [-0.2, -0.15) is 37.9 Å². The van der Waals surface area contributed by atoms with Gasteiger partial charge in [-0.25, -0.2) is 0 Å². The van der Waals surface area contributed by atoms with Gasteiger partial charge in [0, 0.05) is 17.3 Å². The molecule has 0 rings (SSSR count). The molecule has 0 aromatic carbocycles. The highest BCUT2D eigenvalue weighted by atomic mass is 32.1. The molecular formula is C9H18N4O3S3. The topological polar surface area (TPSA) is 127 Å². The quantitative estimate of drug-likeness (QED) is 0.250. The molecule has 0 aromatic heterocycles. The number of amides is 3. The Bertz CT molecular complexity index is 343. The molecule has 110 valence electrons. The van der Waals surface area contributed by atoms with E-state index < -0.39 is 35.8 Å². The third kappa shape index (κ3) is 6.41. The zero-order chi connectivity index (χ0) is 15.0. The van der Waals surface area contributed by atoms with Crippen molar-refractivity contribution in [2.45, 2.75) is 18.1 Å². The van der Waals surface area contributed by atoms with E-state index in [0.29, 0.717) is 0 Å². The molecule has 0 saturated carbocycles. The van der Waals surface area contributed by atoms with Gasteiger partial charge in [0.15, 0.2) is 0 Å². The van der Waals surface area contributed by atoms with Crippen molar-refractivity contribution in [1.82, 2.24) is 10.6 Å². The van der Waals surface area contributed by atoms with E-state index in [4.69, 9.17) is 11.5 Å². The Balaban J connectivity index is 4.56. The third-order valence-electron chi connectivity index (χ3n) is 2.19. The van der Waals surface area contributed by atoms with Crippen LogP contribution in [-0.2, 0) is 14.4 Å². The molecule has 0 aliphatic heterocycles. The lowest BCUT2D eigenvalue weighted by Gasteiger charge is -2.20. The Morgan fingerprint density at radius 1 is 0.895 bits per heavy atom. The van der Waals surface area contributed by atoms with E-state index in [1.165, 1.54) is 0 Å². The van der Waals surface area contributed by atoms with Gasteiger partial charge in [0.05, 0.1) is 6.04 Å². The maximum absolute atomic E-state index is 11.8. The van der Waals surface area contributed by atoms with Gasteiger partial charge in [0.1, 0.15) is 12.1 Å². The molecule has 3 atom stereocenters. The van der Waals surface area contributed by atoms with Gasteiger partial charge in [0.2, 0.25) is 17.7 Å². The number of hydrogen-bond donors (Lipinski definition) is 7. The molecule has 0 aliphatic rings. The standard InChI is InChI=1S/C9H18N4O3S3/c10-4(1-17)8(15)13-6(3-19)9(16)12-5(2-18)7(11)14/h4-6,17-19H,1-3,10H2,(H2,11,14)(H,12,16)(H,13,15)/t4-,5+,6-/m1/s1. The first-order valence-corrected chi connectivity index (χ1v) is 7.25. The van der Waals surface area contributed by atoms with Crippen LogP contribution in [-0.4, -0.2) is 53.1 Å². The van der Waals surface area contributed by atoms with Gasteiger partial charge in [-0.3, -0.25) is 14.4 Å². The number of nitrogens with two attached hydrogens (primary N) is 2. The molecule has 0 fully saturated rings. The maximum atomic E-state index is 11.8. The molecule has 3 amide bonds. The Labute approximate surface area is 127 Å². The van der Waals surface area contributed by atoms with Gasteiger partial charge in [-0.1, -0.05) is 0 Å². The lowest BCUT2D eigenvalue weighted by atomic mass is 10.2. The lowest BCUT2D eigenvalue weighted by Crippen LogP contribution is -2.56. The van der Waals surface area contributed by atoms with Crippen molar-refractivity contribution in [3.8, 4) is 0 Å². The van der Waals surface area contributed by atoms with Crippen molar-refractivity contribution in [2.75, 3.05) is 17.3 Å². The number of carbonyl (C=O) groups is 3. The monoisotopic (exact) mass is 326 g/mol. The van der Waals surface area contributed by atoms with E-state index in [2.05, 4.69) is 48.5 Å². The Kier molecular flexibility index (Phi) is 9.06. The molecule has 0 unspecified atom stereocenters. The normalized spacial score (nSPS) is 15.2. The van der Waals surface area contributed by atoms with Gasteiger partial charge in [0.25, 0.3) is 0 Å². The Hall–Kier alpha value is -0.580. The highest BCUT2D eigenvalue weighted by molar-refractivity contribution is 7.80. The first-order chi connectivity index (χ1) is 8.87. The second-order valence-corrected chi connectivity index (χ2v) is 4.77. The van der Waals surface area contributed by atoms with Gasteiger partial charge in [-0.15, -0.1) is 0 Å². The minimum Gasteiger partial charge on any atom is -0.368 e. The summed E-state index contributed by atoms with van der Waals surface area (Å²) in [6.07, 6.45) is 0. The molecular weight excluding hydrogens is 308 g/mol. The maximum Gasteiger partial charge on any atom is 0.244 e. The highest BCUT2D eigenvalue weighted by Gasteiger charge is 2.25. The van der Waals surface area contributed by atoms with Crippen molar-refractivity contribution in [2.24, 2.45) is 11.5 Å². The third-order valence-corrected chi connectivity index (χ3v) is 3.32. The first-order valence-electron chi connectivity index (χ1n) is 5.35. The number of hydrogen-bond acceptors (Lipinski definition) is 7. The Morgan fingerprint density at radius 3 is 1.74 bits per heavy atom. The molecule has 0 aromatic rings. The summed E-state index contributed by atoms with van der Waals surface area (Å²) in [4.78, 5) is 34.3. The molecule has 19 heavy (non-hydrogen) atoms. The highest BCUT2D eigenvalue weighted by Crippen LogP contribution is 1.95. The van der Waals surface area contributed by atoms with Crippen LogP contribution in [0.15, 0.2) is 0 Å². The van der Waals surface area contributed by atoms with Crippen LogP contribution < -0.4 is 22.1 Å². The fourth-order valence-corrected chi connectivity index (χ4v) is 1.73. The SMILES string of the molecule is NC(=O)[C@H](CS)NC(=O)[C@@H](CS)NC(=O)[C@H](N)CS. The lowest BCUT2D eigenvalue weighted by molar-refractivity contribution is -0.130. The van der Waals surface area contributed by atoms with Gasteiger partial charge in [-0.05, 0) is 0 Å². The van der Waals surface area contributed by atoms with E-state index in [1.807, 2.05) is 0 Å². The minimum atomic E-state index is -0.913. The number of rotatable bonds is 8. The zero-order valence-electron chi connectivity index (χ0n) is 10.1. The summed E-state index contributed by atoms with van der Waals surface area (Å²) in [5.41, 5.74) is 10.5. The summed E-state index contributed by atoms with van der Waals surface area (Å²) in [5.74, 6) is -1.55. The average molecular weight is 326 g/mol. The van der Waals surface area contributed by atoms with Crippen LogP contribution in [0.4, 0.5) is 0 Å². The van der Waals surface area contributed by atoms with Crippen LogP contribution >= 0.6 is 37.9 Å². The largest absolute Gasteiger partial charge is 0.368 e. The van der Waals surface area contributed by atoms with Crippen molar-refractivity contribution in [3.63, 3.8) is 0 Å². The summed E-state index contributed by atoms with van der Waals surface area (Å²) in [7, 11) is 0. The van der Waals surface area contributed by atoms with Crippen LogP contribution in [0.5, 0.6) is 0 Å². The fraction of sp³-hybridized carbons (Fsp3) is 0.667. The van der Waals surface area contributed by atoms with Crippen molar-refractivity contribution >= 4 is 55.6 Å². The molecule has 0 radical (unpaired) electrons. The molecule has 0 saturated heterocycles. The van der Waals surface area contributed by atoms with Crippen LogP contribution in [0.25, 0.3) is 0 Å². The smallest absolute Gasteiger partial charge is 0.244 e. The number of nitrogens with one attached hydrogen (secondary N) is 2. The Morgan fingerprint density at radius 2 is 1.37 bits per heavy atom. The molecule has 7 nitrogen and oxygen atoms in total. The van der Waals surface area contributed by atoms with E-state index in [1.54, 1.807) is 0 Å². The average Bonchev–Trinajstić information content (AvgIpc) is 2.39. The first kappa shape index (κ1) is 18.4. The van der Waals surface area contributed by atoms with Gasteiger partial charge >= 0.3 is 0 Å². The van der Waals surface area contributed by atoms with Crippen LogP contribution in [0.2, 0.25) is 0 Å². The van der Waals surface area contributed by atoms with Crippen molar-refractivity contribution in [1.29, 1.82) is 0 Å². The van der Waals surface area contributed by atoms with Crippen LogP contribution in [0.3, 0.4) is 0 Å².